The molecule has 0 saturated carbocycles. The Balaban J connectivity index is 1.81. The van der Waals surface area contributed by atoms with Crippen LogP contribution < -0.4 is 5.32 Å². The zero-order chi connectivity index (χ0) is 13.5. The second-order valence-electron chi connectivity index (χ2n) is 4.82. The van der Waals surface area contributed by atoms with Gasteiger partial charge in [-0.2, -0.15) is 0 Å². The lowest BCUT2D eigenvalue weighted by molar-refractivity contribution is -0.102. The van der Waals surface area contributed by atoms with Gasteiger partial charge in [-0.15, -0.1) is 0 Å². The Morgan fingerprint density at radius 3 is 2.79 bits per heavy atom. The number of hydrogen-bond acceptors (Lipinski definition) is 3. The first kappa shape index (κ1) is 13.9. The summed E-state index contributed by atoms with van der Waals surface area (Å²) in [7, 11) is 0. The van der Waals surface area contributed by atoms with E-state index in [9.17, 15) is 4.79 Å². The predicted molar refractivity (Wildman–Crippen MR) is 72.6 cm³/mol. The molecule has 1 aromatic rings. The van der Waals surface area contributed by atoms with Crippen LogP contribution in [0.25, 0.3) is 0 Å². The summed E-state index contributed by atoms with van der Waals surface area (Å²) in [5.41, 5.74) is 1.08. The maximum atomic E-state index is 11.3. The van der Waals surface area contributed by atoms with Gasteiger partial charge in [-0.25, -0.2) is 4.79 Å². The van der Waals surface area contributed by atoms with E-state index >= 15 is 0 Å². The number of carbonyl (C=O) groups excluding carboxylic acids is 1. The molecule has 104 valence electrons. The number of cyclic esters (lactones) is 1. The molecule has 0 aliphatic carbocycles. The molecule has 1 fully saturated rings. The lowest BCUT2D eigenvalue weighted by atomic mass is 10.1. The molecule has 1 aromatic carbocycles. The van der Waals surface area contributed by atoms with Crippen LogP contribution in [-0.4, -0.2) is 18.4 Å². The number of benzene rings is 1. The fourth-order valence-corrected chi connectivity index (χ4v) is 2.17. The summed E-state index contributed by atoms with van der Waals surface area (Å²) >= 11 is 0. The van der Waals surface area contributed by atoms with E-state index in [1.54, 1.807) is 0 Å². The molecule has 1 N–H and O–H groups in total. The molecule has 0 aromatic heterocycles. The van der Waals surface area contributed by atoms with Gasteiger partial charge < -0.3 is 14.8 Å². The summed E-state index contributed by atoms with van der Waals surface area (Å²) in [5, 5.41) is 2.81. The summed E-state index contributed by atoms with van der Waals surface area (Å²) in [4.78, 5) is 11.3. The third-order valence-electron chi connectivity index (χ3n) is 3.23. The van der Waals surface area contributed by atoms with Gasteiger partial charge in [0.2, 0.25) is 6.29 Å². The largest absolute Gasteiger partial charge is 0.417 e. The summed E-state index contributed by atoms with van der Waals surface area (Å²) in [6.45, 7) is 2.62. The fourth-order valence-electron chi connectivity index (χ4n) is 2.17. The molecule has 0 unspecified atom stereocenters. The van der Waals surface area contributed by atoms with Gasteiger partial charge in [0.05, 0.1) is 12.6 Å². The molecule has 1 heterocycles. The van der Waals surface area contributed by atoms with E-state index in [0.29, 0.717) is 6.61 Å². The molecule has 19 heavy (non-hydrogen) atoms. The molecule has 0 radical (unpaired) electrons. The number of rotatable bonds is 7. The van der Waals surface area contributed by atoms with Crippen molar-refractivity contribution in [3.8, 4) is 0 Å². The lowest BCUT2D eigenvalue weighted by Crippen LogP contribution is -2.33. The number of amides is 1. The highest BCUT2D eigenvalue weighted by Gasteiger charge is 2.34. The maximum Gasteiger partial charge on any atom is 0.409 e. The Morgan fingerprint density at radius 2 is 2.05 bits per heavy atom. The quantitative estimate of drug-likeness (QED) is 0.768. The molecule has 4 heteroatoms. The van der Waals surface area contributed by atoms with Crippen molar-refractivity contribution in [1.82, 2.24) is 5.32 Å². The lowest BCUT2D eigenvalue weighted by Gasteiger charge is -2.17. The Morgan fingerprint density at radius 1 is 1.26 bits per heavy atom. The average Bonchev–Trinajstić information content (AvgIpc) is 2.78. The number of carbonyl (C=O) groups is 1. The molecular weight excluding hydrogens is 242 g/mol. The van der Waals surface area contributed by atoms with E-state index in [2.05, 4.69) is 12.2 Å². The van der Waals surface area contributed by atoms with Crippen LogP contribution in [0.1, 0.15) is 38.2 Å². The highest BCUT2D eigenvalue weighted by atomic mass is 16.7. The predicted octanol–water partition coefficient (Wildman–Crippen LogP) is 3.22. The van der Waals surface area contributed by atoms with Gasteiger partial charge in [0.1, 0.15) is 0 Å². The molecule has 1 saturated heterocycles. The van der Waals surface area contributed by atoms with Crippen molar-refractivity contribution in [2.24, 2.45) is 0 Å². The minimum absolute atomic E-state index is 0.0252. The zero-order valence-electron chi connectivity index (χ0n) is 11.3. The zero-order valence-corrected chi connectivity index (χ0v) is 11.3. The van der Waals surface area contributed by atoms with Crippen molar-refractivity contribution in [3.05, 3.63) is 35.9 Å². The third kappa shape index (κ3) is 4.24. The first-order chi connectivity index (χ1) is 9.29. The molecule has 2 atom stereocenters. The van der Waals surface area contributed by atoms with Crippen molar-refractivity contribution >= 4 is 6.09 Å². The van der Waals surface area contributed by atoms with Crippen LogP contribution in [0.15, 0.2) is 30.3 Å². The molecule has 2 rings (SSSR count). The Labute approximate surface area is 114 Å². The van der Waals surface area contributed by atoms with Crippen LogP contribution in [0.3, 0.4) is 0 Å². The van der Waals surface area contributed by atoms with Gasteiger partial charge in [-0.1, -0.05) is 56.5 Å². The van der Waals surface area contributed by atoms with Gasteiger partial charge in [0.15, 0.2) is 0 Å². The molecule has 1 aliphatic heterocycles. The average molecular weight is 263 g/mol. The second-order valence-corrected chi connectivity index (χ2v) is 4.82. The molecule has 0 spiro atoms. The van der Waals surface area contributed by atoms with Crippen molar-refractivity contribution in [1.29, 1.82) is 0 Å². The monoisotopic (exact) mass is 263 g/mol. The van der Waals surface area contributed by atoms with Gasteiger partial charge in [-0.3, -0.25) is 0 Å². The fraction of sp³-hybridized carbons (Fsp3) is 0.533. The van der Waals surface area contributed by atoms with Crippen molar-refractivity contribution in [2.75, 3.05) is 0 Å². The molecule has 0 bridgehead atoms. The molecule has 1 amide bonds. The molecular formula is C15H21NO3. The number of alkyl carbamates (subject to hydrolysis) is 1. The van der Waals surface area contributed by atoms with Crippen LogP contribution in [-0.2, 0) is 16.1 Å². The van der Waals surface area contributed by atoms with E-state index < -0.39 is 6.29 Å². The normalized spacial score (nSPS) is 22.1. The maximum absolute atomic E-state index is 11.3. The topological polar surface area (TPSA) is 47.6 Å². The van der Waals surface area contributed by atoms with E-state index in [1.165, 1.54) is 0 Å². The smallest absolute Gasteiger partial charge is 0.409 e. The molecule has 1 aliphatic rings. The van der Waals surface area contributed by atoms with Crippen LogP contribution in [0.2, 0.25) is 0 Å². The van der Waals surface area contributed by atoms with Gasteiger partial charge in [-0.05, 0) is 12.0 Å². The SMILES string of the molecule is CCCCC[C@H]1NC(=O)O[C@H]1OCc1ccccc1. The van der Waals surface area contributed by atoms with Gasteiger partial charge >= 0.3 is 6.09 Å². The highest BCUT2D eigenvalue weighted by Crippen LogP contribution is 2.18. The highest BCUT2D eigenvalue weighted by molar-refractivity contribution is 5.69. The summed E-state index contributed by atoms with van der Waals surface area (Å²) < 4.78 is 10.9. The van der Waals surface area contributed by atoms with Crippen molar-refractivity contribution < 1.29 is 14.3 Å². The van der Waals surface area contributed by atoms with E-state index in [0.717, 1.165) is 31.2 Å². The minimum Gasteiger partial charge on any atom is -0.417 e. The number of unbranched alkanes of at least 4 members (excludes halogenated alkanes) is 2. The first-order valence-electron chi connectivity index (χ1n) is 6.92. The van der Waals surface area contributed by atoms with Gasteiger partial charge in [0.25, 0.3) is 0 Å². The second kappa shape index (κ2) is 7.14. The molecule has 4 nitrogen and oxygen atoms in total. The van der Waals surface area contributed by atoms with Crippen LogP contribution >= 0.6 is 0 Å². The Hall–Kier alpha value is -1.55. The Kier molecular flexibility index (Phi) is 5.21. The number of ether oxygens (including phenoxy) is 2. The standard InChI is InChI=1S/C15H21NO3/c1-2-3-5-10-13-14(19-15(17)16-13)18-11-12-8-6-4-7-9-12/h4,6-9,13-14H,2-3,5,10-11H2,1H3,(H,16,17)/t13-,14-/m1/s1. The number of hydrogen-bond donors (Lipinski definition) is 1. The van der Waals surface area contributed by atoms with E-state index in [1.807, 2.05) is 30.3 Å². The van der Waals surface area contributed by atoms with Gasteiger partial charge in [0, 0.05) is 0 Å². The van der Waals surface area contributed by atoms with Crippen molar-refractivity contribution in [2.45, 2.75) is 51.5 Å². The summed E-state index contributed by atoms with van der Waals surface area (Å²) in [6.07, 6.45) is 3.47. The first-order valence-corrected chi connectivity index (χ1v) is 6.92. The Bertz CT molecular complexity index is 394. The van der Waals surface area contributed by atoms with E-state index in [4.69, 9.17) is 9.47 Å². The van der Waals surface area contributed by atoms with E-state index in [-0.39, 0.29) is 12.1 Å². The van der Waals surface area contributed by atoms with Crippen LogP contribution in [0.4, 0.5) is 4.79 Å². The summed E-state index contributed by atoms with van der Waals surface area (Å²) in [6, 6.07) is 9.87. The third-order valence-corrected chi connectivity index (χ3v) is 3.23. The van der Waals surface area contributed by atoms with Crippen LogP contribution in [0, 0.1) is 0 Å². The van der Waals surface area contributed by atoms with Crippen LogP contribution in [0.5, 0.6) is 0 Å². The van der Waals surface area contributed by atoms with Crippen molar-refractivity contribution in [3.63, 3.8) is 0 Å². The number of nitrogens with one attached hydrogen (secondary N) is 1. The minimum atomic E-state index is -0.468. The summed E-state index contributed by atoms with van der Waals surface area (Å²) in [5.74, 6) is 0.